The fraction of sp³-hybridized carbons (Fsp3) is 0.240. The van der Waals surface area contributed by atoms with E-state index < -0.39 is 14.9 Å². The number of amides is 1. The first-order valence-electron chi connectivity index (χ1n) is 11.2. The Morgan fingerprint density at radius 1 is 0.971 bits per heavy atom. The summed E-state index contributed by atoms with van der Waals surface area (Å²) in [7, 11) is -3.51. The summed E-state index contributed by atoms with van der Waals surface area (Å²) in [5, 5.41) is 13.9. The molecule has 0 spiro atoms. The zero-order valence-corrected chi connectivity index (χ0v) is 20.1. The highest BCUT2D eigenvalue weighted by atomic mass is 32.2. The fourth-order valence-electron chi connectivity index (χ4n) is 4.09. The molecule has 0 radical (unpaired) electrons. The number of carbonyl (C=O) groups is 1. The maximum absolute atomic E-state index is 12.8. The zero-order chi connectivity index (χ0) is 25.0. The summed E-state index contributed by atoms with van der Waals surface area (Å²) in [5.74, 6) is -0.353. The van der Waals surface area contributed by atoms with Crippen molar-refractivity contribution < 1.29 is 18.1 Å². The van der Waals surface area contributed by atoms with Crippen molar-refractivity contribution in [3.8, 4) is 0 Å². The van der Waals surface area contributed by atoms with Crippen LogP contribution in [-0.4, -0.2) is 54.6 Å². The molecule has 1 aliphatic heterocycles. The molecule has 4 rings (SSSR count). The Bertz CT molecular complexity index is 1340. The summed E-state index contributed by atoms with van der Waals surface area (Å²) in [6.45, 7) is 4.12. The largest absolute Gasteiger partial charge is 0.321 e. The molecule has 3 aromatic rings. The molecule has 0 saturated carbocycles. The van der Waals surface area contributed by atoms with Crippen LogP contribution < -0.4 is 5.32 Å². The molecule has 9 nitrogen and oxygen atoms in total. The standard InChI is InChI=1S/C25H26N4O5S/c1-19-23(11-6-12-24(19)29(31)32)26-25(30)21-8-5-7-20(17-21)18-27-13-15-28(16-14-27)35(33,34)22-9-3-2-4-10-22/h2-12,17H,13-16,18H2,1H3,(H,26,30). The predicted molar refractivity (Wildman–Crippen MR) is 133 cm³/mol. The Hall–Kier alpha value is -3.60. The maximum Gasteiger partial charge on any atom is 0.274 e. The van der Waals surface area contributed by atoms with Crippen LogP contribution in [0.3, 0.4) is 0 Å². The van der Waals surface area contributed by atoms with E-state index in [0.717, 1.165) is 5.56 Å². The summed E-state index contributed by atoms with van der Waals surface area (Å²) in [5.41, 5.74) is 2.10. The summed E-state index contributed by atoms with van der Waals surface area (Å²) < 4.78 is 27.2. The molecule has 1 amide bonds. The normalized spacial score (nSPS) is 15.0. The van der Waals surface area contributed by atoms with Crippen molar-refractivity contribution in [3.05, 3.63) is 99.6 Å². The number of nitrogens with zero attached hydrogens (tertiary/aromatic N) is 3. The van der Waals surface area contributed by atoms with Crippen LogP contribution in [0.1, 0.15) is 21.5 Å². The van der Waals surface area contributed by atoms with Crippen LogP contribution >= 0.6 is 0 Å². The van der Waals surface area contributed by atoms with Crippen LogP contribution in [0.4, 0.5) is 11.4 Å². The van der Waals surface area contributed by atoms with E-state index in [1.807, 2.05) is 6.07 Å². The van der Waals surface area contributed by atoms with Gasteiger partial charge >= 0.3 is 0 Å². The van der Waals surface area contributed by atoms with Crippen molar-refractivity contribution in [3.63, 3.8) is 0 Å². The van der Waals surface area contributed by atoms with Crippen LogP contribution in [0, 0.1) is 17.0 Å². The van der Waals surface area contributed by atoms with Crippen LogP contribution in [0.25, 0.3) is 0 Å². The first-order chi connectivity index (χ1) is 16.8. The van der Waals surface area contributed by atoms with E-state index in [1.54, 1.807) is 61.5 Å². The number of benzene rings is 3. The first-order valence-corrected chi connectivity index (χ1v) is 12.6. The van der Waals surface area contributed by atoms with Crippen molar-refractivity contribution in [2.75, 3.05) is 31.5 Å². The number of sulfonamides is 1. The molecule has 1 fully saturated rings. The topological polar surface area (TPSA) is 113 Å². The number of rotatable bonds is 7. The van der Waals surface area contributed by atoms with Crippen molar-refractivity contribution in [2.45, 2.75) is 18.4 Å². The molecular weight excluding hydrogens is 468 g/mol. The minimum atomic E-state index is -3.51. The zero-order valence-electron chi connectivity index (χ0n) is 19.3. The third-order valence-corrected chi connectivity index (χ3v) is 7.97. The van der Waals surface area contributed by atoms with E-state index >= 15 is 0 Å². The average Bonchev–Trinajstić information content (AvgIpc) is 2.86. The lowest BCUT2D eigenvalue weighted by molar-refractivity contribution is -0.385. The second-order valence-corrected chi connectivity index (χ2v) is 10.3. The summed E-state index contributed by atoms with van der Waals surface area (Å²) in [6, 6.07) is 20.2. The maximum atomic E-state index is 12.8. The molecule has 182 valence electrons. The van der Waals surface area contributed by atoms with Gasteiger partial charge in [0, 0.05) is 44.4 Å². The molecule has 0 aromatic heterocycles. The Labute approximate surface area is 204 Å². The number of piperazine rings is 1. The Balaban J connectivity index is 1.38. The molecule has 1 heterocycles. The minimum absolute atomic E-state index is 0.0510. The Kier molecular flexibility index (Phi) is 7.25. The summed E-state index contributed by atoms with van der Waals surface area (Å²) in [6.07, 6.45) is 0. The first kappa shape index (κ1) is 24.5. The van der Waals surface area contributed by atoms with Crippen LogP contribution in [0.5, 0.6) is 0 Å². The molecule has 0 unspecified atom stereocenters. The van der Waals surface area contributed by atoms with E-state index in [0.29, 0.717) is 54.4 Å². The Morgan fingerprint density at radius 2 is 1.66 bits per heavy atom. The lowest BCUT2D eigenvalue weighted by Gasteiger charge is -2.34. The number of nitro benzene ring substituents is 1. The van der Waals surface area contributed by atoms with Gasteiger partial charge in [0.15, 0.2) is 0 Å². The van der Waals surface area contributed by atoms with E-state index in [-0.39, 0.29) is 11.6 Å². The third-order valence-electron chi connectivity index (χ3n) is 6.06. The molecule has 0 atom stereocenters. The smallest absolute Gasteiger partial charge is 0.274 e. The highest BCUT2D eigenvalue weighted by Gasteiger charge is 2.28. The average molecular weight is 495 g/mol. The monoisotopic (exact) mass is 494 g/mol. The molecular formula is C25H26N4O5S. The van der Waals surface area contributed by atoms with Gasteiger partial charge in [0.2, 0.25) is 10.0 Å². The van der Waals surface area contributed by atoms with Crippen molar-refractivity contribution in [1.29, 1.82) is 0 Å². The van der Waals surface area contributed by atoms with Gasteiger partial charge in [-0.15, -0.1) is 0 Å². The van der Waals surface area contributed by atoms with Gasteiger partial charge in [0.05, 0.1) is 21.1 Å². The minimum Gasteiger partial charge on any atom is -0.321 e. The van der Waals surface area contributed by atoms with Crippen molar-refractivity contribution >= 4 is 27.3 Å². The van der Waals surface area contributed by atoms with E-state index in [2.05, 4.69) is 10.2 Å². The van der Waals surface area contributed by atoms with Crippen LogP contribution in [0.15, 0.2) is 77.7 Å². The van der Waals surface area contributed by atoms with Gasteiger partial charge in [-0.2, -0.15) is 4.31 Å². The molecule has 3 aromatic carbocycles. The van der Waals surface area contributed by atoms with E-state index in [9.17, 15) is 23.3 Å². The molecule has 10 heteroatoms. The molecule has 0 bridgehead atoms. The number of carbonyl (C=O) groups excluding carboxylic acids is 1. The van der Waals surface area contributed by atoms with Crippen LogP contribution in [0.2, 0.25) is 0 Å². The SMILES string of the molecule is Cc1c(NC(=O)c2cccc(CN3CCN(S(=O)(=O)c4ccccc4)CC3)c2)cccc1[N+](=O)[O-]. The number of hydrogen-bond acceptors (Lipinski definition) is 6. The third kappa shape index (κ3) is 5.56. The number of hydrogen-bond donors (Lipinski definition) is 1. The van der Waals surface area contributed by atoms with Gasteiger partial charge in [-0.25, -0.2) is 8.42 Å². The van der Waals surface area contributed by atoms with E-state index in [4.69, 9.17) is 0 Å². The molecule has 1 N–H and O–H groups in total. The highest BCUT2D eigenvalue weighted by molar-refractivity contribution is 7.89. The second-order valence-electron chi connectivity index (χ2n) is 8.35. The number of anilines is 1. The highest BCUT2D eigenvalue weighted by Crippen LogP contribution is 2.25. The van der Waals surface area contributed by atoms with Gasteiger partial charge in [0.25, 0.3) is 11.6 Å². The molecule has 1 aliphatic rings. The molecule has 35 heavy (non-hydrogen) atoms. The quantitative estimate of drug-likeness (QED) is 0.396. The van der Waals surface area contributed by atoms with Gasteiger partial charge in [-0.3, -0.25) is 19.8 Å². The van der Waals surface area contributed by atoms with Crippen LogP contribution in [-0.2, 0) is 16.6 Å². The summed E-state index contributed by atoms with van der Waals surface area (Å²) in [4.78, 5) is 25.9. The van der Waals surface area contributed by atoms with Crippen molar-refractivity contribution in [2.24, 2.45) is 0 Å². The fourth-order valence-corrected chi connectivity index (χ4v) is 5.53. The Morgan fingerprint density at radius 3 is 2.34 bits per heavy atom. The lowest BCUT2D eigenvalue weighted by Crippen LogP contribution is -2.48. The van der Waals surface area contributed by atoms with Crippen molar-refractivity contribution in [1.82, 2.24) is 9.21 Å². The number of nitrogens with one attached hydrogen (secondary N) is 1. The van der Waals surface area contributed by atoms with Gasteiger partial charge in [-0.05, 0) is 42.8 Å². The lowest BCUT2D eigenvalue weighted by atomic mass is 10.1. The summed E-state index contributed by atoms with van der Waals surface area (Å²) >= 11 is 0. The van der Waals surface area contributed by atoms with Gasteiger partial charge in [-0.1, -0.05) is 36.4 Å². The molecule has 1 saturated heterocycles. The second kappa shape index (κ2) is 10.3. The van der Waals surface area contributed by atoms with Gasteiger partial charge < -0.3 is 5.32 Å². The molecule has 0 aliphatic carbocycles. The predicted octanol–water partition coefficient (Wildman–Crippen LogP) is 3.66. The number of nitro groups is 1. The van der Waals surface area contributed by atoms with E-state index in [1.165, 1.54) is 16.4 Å². The van der Waals surface area contributed by atoms with Gasteiger partial charge in [0.1, 0.15) is 0 Å².